The third-order valence-corrected chi connectivity index (χ3v) is 16.2. The smallest absolute Gasteiger partial charge is 0.309 e. The maximum absolute atomic E-state index is 13.0. The molecule has 5 aliphatic rings. The maximum Gasteiger partial charge on any atom is 0.309 e. The SMILES string of the molecule is C=C(C)[C@@H]1CC[C@]2(C(=O)O)CC[C@]3(C)[C@H](CC[C@@H]4[C@@]5(C)Cc6nnn(CCc7c[nH]c8ccc(OC)cc78)c6C(C)(C)[C@@H]5CC[C@]43C)[C@@H]12. The molecule has 9 atom stereocenters. The Labute approximate surface area is 286 Å². The van der Waals surface area contributed by atoms with Gasteiger partial charge in [0.25, 0.3) is 0 Å². The van der Waals surface area contributed by atoms with Crippen LogP contribution in [0.5, 0.6) is 5.75 Å². The largest absolute Gasteiger partial charge is 0.497 e. The zero-order valence-corrected chi connectivity index (χ0v) is 30.3. The molecule has 5 aliphatic carbocycles. The van der Waals surface area contributed by atoms with E-state index in [9.17, 15) is 9.90 Å². The second-order valence-electron chi connectivity index (χ2n) is 18.1. The van der Waals surface area contributed by atoms with E-state index in [0.29, 0.717) is 23.7 Å². The van der Waals surface area contributed by atoms with Crippen LogP contribution >= 0.6 is 0 Å². The molecular formula is C41H56N4O3. The second kappa shape index (κ2) is 10.5. The molecule has 48 heavy (non-hydrogen) atoms. The zero-order valence-electron chi connectivity index (χ0n) is 30.3. The Morgan fingerprint density at radius 3 is 2.56 bits per heavy atom. The molecule has 4 fully saturated rings. The number of aromatic nitrogens is 4. The third kappa shape index (κ3) is 4.02. The van der Waals surface area contributed by atoms with E-state index in [-0.39, 0.29) is 27.6 Å². The first-order valence-corrected chi connectivity index (χ1v) is 18.7. The van der Waals surface area contributed by atoms with Crippen LogP contribution in [0.15, 0.2) is 36.5 Å². The summed E-state index contributed by atoms with van der Waals surface area (Å²) in [5.41, 5.74) is 5.93. The number of aryl methyl sites for hydroxylation is 2. The number of H-pyrrole nitrogens is 1. The van der Waals surface area contributed by atoms with Gasteiger partial charge in [0.05, 0.1) is 23.9 Å². The molecule has 0 bridgehead atoms. The summed E-state index contributed by atoms with van der Waals surface area (Å²) < 4.78 is 7.74. The van der Waals surface area contributed by atoms with Crippen molar-refractivity contribution in [2.45, 2.75) is 118 Å². The van der Waals surface area contributed by atoms with Crippen molar-refractivity contribution in [3.8, 4) is 5.75 Å². The summed E-state index contributed by atoms with van der Waals surface area (Å²) in [6, 6.07) is 6.22. The third-order valence-electron chi connectivity index (χ3n) is 16.2. The Morgan fingerprint density at radius 2 is 1.83 bits per heavy atom. The van der Waals surface area contributed by atoms with E-state index in [1.165, 1.54) is 47.2 Å². The molecule has 2 aromatic heterocycles. The minimum Gasteiger partial charge on any atom is -0.497 e. The van der Waals surface area contributed by atoms with Gasteiger partial charge in [-0.3, -0.25) is 4.79 Å². The molecule has 7 heteroatoms. The van der Waals surface area contributed by atoms with Crippen LogP contribution in [0.3, 0.4) is 0 Å². The first-order valence-electron chi connectivity index (χ1n) is 18.7. The Hall–Kier alpha value is -3.09. The summed E-state index contributed by atoms with van der Waals surface area (Å²) in [7, 11) is 1.72. The van der Waals surface area contributed by atoms with Gasteiger partial charge in [0.15, 0.2) is 0 Å². The molecule has 0 aliphatic heterocycles. The van der Waals surface area contributed by atoms with Crippen molar-refractivity contribution in [2.24, 2.45) is 51.2 Å². The van der Waals surface area contributed by atoms with Crippen LogP contribution in [-0.4, -0.2) is 38.2 Å². The lowest BCUT2D eigenvalue weighted by Crippen LogP contribution is -2.67. The molecule has 2 heterocycles. The molecule has 0 amide bonds. The number of aliphatic carboxylic acids is 1. The second-order valence-corrected chi connectivity index (χ2v) is 18.1. The standard InChI is InChI=1S/C41H56N4O3/c1-24(2)27-13-17-41(36(46)47)19-18-39(6)29(34(27)41)10-12-33-38(5)22-31-35(37(3,4)32(38)14-16-40(33,39)7)45(44-43-31)20-15-25-23-42-30-11-9-26(48-8)21-28(25)30/h9,11,21,23,27,29,32-34,42H,1,10,12-20,22H2,2-8H3,(H,46,47)/t27-,29+,32-,33+,34+,38-,39+,40+,41-/m0/s1. The molecule has 258 valence electrons. The fourth-order valence-corrected chi connectivity index (χ4v) is 13.9. The minimum atomic E-state index is -0.572. The Balaban J connectivity index is 1.11. The molecule has 1 aromatic carbocycles. The van der Waals surface area contributed by atoms with Crippen LogP contribution < -0.4 is 4.74 Å². The van der Waals surface area contributed by atoms with Gasteiger partial charge in [-0.1, -0.05) is 52.0 Å². The highest BCUT2D eigenvalue weighted by Gasteiger charge is 2.72. The van der Waals surface area contributed by atoms with E-state index < -0.39 is 11.4 Å². The molecule has 2 N–H and O–H groups in total. The topological polar surface area (TPSA) is 93.0 Å². The monoisotopic (exact) mass is 652 g/mol. The fourth-order valence-electron chi connectivity index (χ4n) is 13.9. The van der Waals surface area contributed by atoms with Gasteiger partial charge < -0.3 is 14.8 Å². The lowest BCUT2D eigenvalue weighted by molar-refractivity contribution is -0.228. The molecule has 3 aromatic rings. The number of carboxylic acids is 1. The molecule has 0 spiro atoms. The van der Waals surface area contributed by atoms with Crippen LogP contribution in [-0.2, 0) is 29.6 Å². The summed E-state index contributed by atoms with van der Waals surface area (Å²) >= 11 is 0. The van der Waals surface area contributed by atoms with E-state index >= 15 is 0 Å². The number of carboxylic acid groups (broad SMARTS) is 1. The van der Waals surface area contributed by atoms with E-state index in [2.05, 4.69) is 76.1 Å². The highest BCUT2D eigenvalue weighted by Crippen LogP contribution is 2.77. The average molecular weight is 653 g/mol. The quantitative estimate of drug-likeness (QED) is 0.260. The van der Waals surface area contributed by atoms with Gasteiger partial charge in [-0.25, -0.2) is 4.68 Å². The van der Waals surface area contributed by atoms with Crippen molar-refractivity contribution < 1.29 is 14.6 Å². The Bertz CT molecular complexity index is 1800. The van der Waals surface area contributed by atoms with Gasteiger partial charge in [0, 0.05) is 29.1 Å². The predicted molar refractivity (Wildman–Crippen MR) is 189 cm³/mol. The number of carbonyl (C=O) groups is 1. The minimum absolute atomic E-state index is 0.0458. The summed E-state index contributed by atoms with van der Waals surface area (Å²) in [5, 5.41) is 21.7. The highest BCUT2D eigenvalue weighted by molar-refractivity contribution is 5.84. The normalized spacial score (nSPS) is 39.5. The average Bonchev–Trinajstić information content (AvgIpc) is 3.75. The number of nitrogens with one attached hydrogen (secondary N) is 1. The number of rotatable bonds is 6. The first-order chi connectivity index (χ1) is 22.7. The van der Waals surface area contributed by atoms with Crippen molar-refractivity contribution >= 4 is 16.9 Å². The van der Waals surface area contributed by atoms with Crippen molar-refractivity contribution in [3.63, 3.8) is 0 Å². The Morgan fingerprint density at radius 1 is 1.04 bits per heavy atom. The first kappa shape index (κ1) is 32.1. The van der Waals surface area contributed by atoms with E-state index in [1.54, 1.807) is 7.11 Å². The van der Waals surface area contributed by atoms with Gasteiger partial charge in [0.2, 0.25) is 0 Å². The number of hydrogen-bond acceptors (Lipinski definition) is 4. The fraction of sp³-hybridized carbons (Fsp3) is 0.683. The number of aromatic amines is 1. The van der Waals surface area contributed by atoms with E-state index in [1.807, 2.05) is 6.07 Å². The van der Waals surface area contributed by atoms with E-state index in [0.717, 1.165) is 62.8 Å². The van der Waals surface area contributed by atoms with Crippen molar-refractivity contribution in [1.29, 1.82) is 0 Å². The van der Waals surface area contributed by atoms with Gasteiger partial charge in [0.1, 0.15) is 5.75 Å². The van der Waals surface area contributed by atoms with Crippen LogP contribution in [0, 0.1) is 51.2 Å². The number of fused-ring (bicyclic) bond motifs is 9. The highest BCUT2D eigenvalue weighted by atomic mass is 16.5. The lowest BCUT2D eigenvalue weighted by Gasteiger charge is -2.72. The molecule has 0 unspecified atom stereocenters. The maximum atomic E-state index is 13.0. The summed E-state index contributed by atoms with van der Waals surface area (Å²) in [6.07, 6.45) is 12.4. The molecular weight excluding hydrogens is 596 g/mol. The number of methoxy groups -OCH3 is 1. The van der Waals surface area contributed by atoms with Crippen molar-refractivity contribution in [3.05, 3.63) is 53.5 Å². The van der Waals surface area contributed by atoms with Gasteiger partial charge in [-0.2, -0.15) is 0 Å². The summed E-state index contributed by atoms with van der Waals surface area (Å²) in [5.74, 6) is 2.42. The molecule has 0 radical (unpaired) electrons. The van der Waals surface area contributed by atoms with Gasteiger partial charge in [-0.05, 0) is 141 Å². The number of hydrogen-bond donors (Lipinski definition) is 2. The number of ether oxygens (including phenoxy) is 1. The summed E-state index contributed by atoms with van der Waals surface area (Å²) in [4.78, 5) is 16.5. The Kier molecular flexibility index (Phi) is 7.00. The van der Waals surface area contributed by atoms with Gasteiger partial charge >= 0.3 is 5.97 Å². The molecule has 4 saturated carbocycles. The zero-order chi connectivity index (χ0) is 34.0. The predicted octanol–water partition coefficient (Wildman–Crippen LogP) is 8.77. The van der Waals surface area contributed by atoms with Crippen molar-refractivity contribution in [1.82, 2.24) is 20.0 Å². The number of benzene rings is 1. The van der Waals surface area contributed by atoms with E-state index in [4.69, 9.17) is 15.0 Å². The van der Waals surface area contributed by atoms with Gasteiger partial charge in [-0.15, -0.1) is 5.10 Å². The summed E-state index contributed by atoms with van der Waals surface area (Å²) in [6.45, 7) is 20.1. The number of allylic oxidation sites excluding steroid dienone is 1. The van der Waals surface area contributed by atoms with Crippen LogP contribution in [0.1, 0.15) is 110 Å². The van der Waals surface area contributed by atoms with Crippen molar-refractivity contribution in [2.75, 3.05) is 7.11 Å². The molecule has 0 saturated heterocycles. The van der Waals surface area contributed by atoms with Crippen LogP contribution in [0.2, 0.25) is 0 Å². The van der Waals surface area contributed by atoms with Crippen LogP contribution in [0.25, 0.3) is 10.9 Å². The number of nitrogens with zero attached hydrogens (tertiary/aromatic N) is 3. The lowest BCUT2D eigenvalue weighted by atomic mass is 9.32. The van der Waals surface area contributed by atoms with Crippen LogP contribution in [0.4, 0.5) is 0 Å². The molecule has 7 nitrogen and oxygen atoms in total. The molecule has 8 rings (SSSR count).